The fourth-order valence-electron chi connectivity index (χ4n) is 2.60. The van der Waals surface area contributed by atoms with Gasteiger partial charge in [-0.05, 0) is 18.4 Å². The first-order valence-corrected chi connectivity index (χ1v) is 6.89. The smallest absolute Gasteiger partial charge is 0.150 e. The van der Waals surface area contributed by atoms with Crippen LogP contribution < -0.4 is 10.6 Å². The van der Waals surface area contributed by atoms with E-state index in [0.717, 1.165) is 38.3 Å². The Hall–Kier alpha value is -1.81. The van der Waals surface area contributed by atoms with Crippen LogP contribution in [-0.4, -0.2) is 28.9 Å². The minimum absolute atomic E-state index is 0.285. The van der Waals surface area contributed by atoms with Crippen LogP contribution in [0.2, 0.25) is 0 Å². The Labute approximate surface area is 113 Å². The highest BCUT2D eigenvalue weighted by atomic mass is 15.3. The SMILES string of the molecule is NC1CCCN(c2ccn(Cc3ccccc3)n2)C1. The minimum atomic E-state index is 0.285. The van der Waals surface area contributed by atoms with Crippen LogP contribution in [-0.2, 0) is 6.54 Å². The molecule has 19 heavy (non-hydrogen) atoms. The van der Waals surface area contributed by atoms with Crippen molar-refractivity contribution in [3.8, 4) is 0 Å². The van der Waals surface area contributed by atoms with Crippen molar-refractivity contribution < 1.29 is 0 Å². The Kier molecular flexibility index (Phi) is 3.51. The number of nitrogens with zero attached hydrogens (tertiary/aromatic N) is 3. The van der Waals surface area contributed by atoms with Gasteiger partial charge in [0.25, 0.3) is 0 Å². The molecular formula is C15H20N4. The van der Waals surface area contributed by atoms with Crippen LogP contribution >= 0.6 is 0 Å². The first-order chi connectivity index (χ1) is 9.31. The van der Waals surface area contributed by atoms with Gasteiger partial charge in [0, 0.05) is 31.4 Å². The summed E-state index contributed by atoms with van der Waals surface area (Å²) in [6.45, 7) is 2.80. The summed E-state index contributed by atoms with van der Waals surface area (Å²) in [6.07, 6.45) is 4.33. The van der Waals surface area contributed by atoms with Crippen molar-refractivity contribution >= 4 is 5.82 Å². The molecule has 1 fully saturated rings. The van der Waals surface area contributed by atoms with Crippen molar-refractivity contribution in [3.63, 3.8) is 0 Å². The molecule has 0 radical (unpaired) electrons. The standard InChI is InChI=1S/C15H20N4/c16-14-7-4-9-18(12-14)15-8-10-19(17-15)11-13-5-2-1-3-6-13/h1-3,5-6,8,10,14H,4,7,9,11-12,16H2. The van der Waals surface area contributed by atoms with E-state index in [2.05, 4.69) is 40.3 Å². The summed E-state index contributed by atoms with van der Waals surface area (Å²) in [5, 5.41) is 4.65. The van der Waals surface area contributed by atoms with E-state index in [1.807, 2.05) is 16.9 Å². The fourth-order valence-corrected chi connectivity index (χ4v) is 2.60. The van der Waals surface area contributed by atoms with Gasteiger partial charge in [0.1, 0.15) is 0 Å². The third-order valence-corrected chi connectivity index (χ3v) is 3.60. The Morgan fingerprint density at radius 2 is 2.05 bits per heavy atom. The van der Waals surface area contributed by atoms with E-state index in [-0.39, 0.29) is 6.04 Å². The summed E-state index contributed by atoms with van der Waals surface area (Å²) in [4.78, 5) is 2.29. The molecule has 2 aromatic rings. The molecule has 1 aliphatic rings. The Bertz CT molecular complexity index is 520. The zero-order chi connectivity index (χ0) is 13.1. The first kappa shape index (κ1) is 12.2. The number of benzene rings is 1. The molecule has 2 N–H and O–H groups in total. The highest BCUT2D eigenvalue weighted by Gasteiger charge is 2.18. The van der Waals surface area contributed by atoms with Gasteiger partial charge in [-0.25, -0.2) is 0 Å². The molecule has 4 nitrogen and oxygen atoms in total. The normalized spacial score (nSPS) is 19.6. The summed E-state index contributed by atoms with van der Waals surface area (Å²) in [5.74, 6) is 1.05. The van der Waals surface area contributed by atoms with Gasteiger partial charge in [0.05, 0.1) is 6.54 Å². The van der Waals surface area contributed by atoms with Gasteiger partial charge >= 0.3 is 0 Å². The Morgan fingerprint density at radius 3 is 2.84 bits per heavy atom. The quantitative estimate of drug-likeness (QED) is 0.912. The molecule has 1 aromatic carbocycles. The second-order valence-electron chi connectivity index (χ2n) is 5.21. The average Bonchev–Trinajstić information content (AvgIpc) is 2.88. The second-order valence-corrected chi connectivity index (χ2v) is 5.21. The predicted octanol–water partition coefficient (Wildman–Crippen LogP) is 1.86. The maximum atomic E-state index is 6.02. The highest BCUT2D eigenvalue weighted by Crippen LogP contribution is 2.17. The molecule has 0 bridgehead atoms. The van der Waals surface area contributed by atoms with Crippen molar-refractivity contribution in [1.29, 1.82) is 0 Å². The molecule has 4 heteroatoms. The lowest BCUT2D eigenvalue weighted by Gasteiger charge is -2.30. The van der Waals surface area contributed by atoms with Gasteiger partial charge in [-0.15, -0.1) is 0 Å². The number of hydrogen-bond acceptors (Lipinski definition) is 3. The Balaban J connectivity index is 1.69. The molecule has 0 saturated carbocycles. The summed E-state index contributed by atoms with van der Waals surface area (Å²) in [5.41, 5.74) is 7.29. The van der Waals surface area contributed by atoms with Crippen LogP contribution in [0, 0.1) is 0 Å². The predicted molar refractivity (Wildman–Crippen MR) is 77.2 cm³/mol. The van der Waals surface area contributed by atoms with E-state index in [0.29, 0.717) is 0 Å². The molecule has 100 valence electrons. The molecular weight excluding hydrogens is 236 g/mol. The van der Waals surface area contributed by atoms with Gasteiger partial charge in [-0.3, -0.25) is 4.68 Å². The van der Waals surface area contributed by atoms with Crippen LogP contribution in [0.1, 0.15) is 18.4 Å². The van der Waals surface area contributed by atoms with Crippen molar-refractivity contribution in [2.45, 2.75) is 25.4 Å². The number of nitrogens with two attached hydrogens (primary N) is 1. The molecule has 3 rings (SSSR count). The largest absolute Gasteiger partial charge is 0.354 e. The monoisotopic (exact) mass is 256 g/mol. The highest BCUT2D eigenvalue weighted by molar-refractivity contribution is 5.38. The molecule has 0 spiro atoms. The summed E-state index contributed by atoms with van der Waals surface area (Å²) in [7, 11) is 0. The number of aromatic nitrogens is 2. The van der Waals surface area contributed by atoms with E-state index in [9.17, 15) is 0 Å². The van der Waals surface area contributed by atoms with Gasteiger partial charge in [0.2, 0.25) is 0 Å². The van der Waals surface area contributed by atoms with Crippen LogP contribution in [0.15, 0.2) is 42.6 Å². The van der Waals surface area contributed by atoms with E-state index in [4.69, 9.17) is 5.73 Å². The summed E-state index contributed by atoms with van der Waals surface area (Å²) >= 11 is 0. The number of anilines is 1. The van der Waals surface area contributed by atoms with Crippen LogP contribution in [0.3, 0.4) is 0 Å². The lowest BCUT2D eigenvalue weighted by atomic mass is 10.1. The van der Waals surface area contributed by atoms with Gasteiger partial charge in [0.15, 0.2) is 5.82 Å². The summed E-state index contributed by atoms with van der Waals surface area (Å²) in [6, 6.07) is 12.8. The second kappa shape index (κ2) is 5.45. The molecule has 1 atom stereocenters. The topological polar surface area (TPSA) is 47.1 Å². The first-order valence-electron chi connectivity index (χ1n) is 6.89. The average molecular weight is 256 g/mol. The van der Waals surface area contributed by atoms with Crippen molar-refractivity contribution in [2.24, 2.45) is 5.73 Å². The molecule has 1 saturated heterocycles. The minimum Gasteiger partial charge on any atom is -0.354 e. The van der Waals surface area contributed by atoms with Crippen molar-refractivity contribution in [1.82, 2.24) is 9.78 Å². The maximum absolute atomic E-state index is 6.02. The van der Waals surface area contributed by atoms with Crippen LogP contribution in [0.5, 0.6) is 0 Å². The van der Waals surface area contributed by atoms with Crippen LogP contribution in [0.25, 0.3) is 0 Å². The molecule has 1 unspecified atom stereocenters. The molecule has 0 aliphatic carbocycles. The zero-order valence-electron chi connectivity index (χ0n) is 11.1. The molecule has 1 aliphatic heterocycles. The molecule has 2 heterocycles. The lowest BCUT2D eigenvalue weighted by Crippen LogP contribution is -2.43. The number of hydrogen-bond donors (Lipinski definition) is 1. The lowest BCUT2D eigenvalue weighted by molar-refractivity contribution is 0.500. The van der Waals surface area contributed by atoms with E-state index >= 15 is 0 Å². The number of piperidine rings is 1. The fraction of sp³-hybridized carbons (Fsp3) is 0.400. The summed E-state index contributed by atoms with van der Waals surface area (Å²) < 4.78 is 1.99. The van der Waals surface area contributed by atoms with Crippen molar-refractivity contribution in [3.05, 3.63) is 48.2 Å². The van der Waals surface area contributed by atoms with Crippen LogP contribution in [0.4, 0.5) is 5.82 Å². The van der Waals surface area contributed by atoms with E-state index in [1.165, 1.54) is 5.56 Å². The van der Waals surface area contributed by atoms with E-state index < -0.39 is 0 Å². The van der Waals surface area contributed by atoms with E-state index in [1.54, 1.807) is 0 Å². The maximum Gasteiger partial charge on any atom is 0.150 e. The third kappa shape index (κ3) is 2.96. The molecule has 0 amide bonds. The van der Waals surface area contributed by atoms with Gasteiger partial charge in [-0.2, -0.15) is 5.10 Å². The third-order valence-electron chi connectivity index (χ3n) is 3.60. The van der Waals surface area contributed by atoms with Gasteiger partial charge in [-0.1, -0.05) is 30.3 Å². The zero-order valence-corrected chi connectivity index (χ0v) is 11.1. The Morgan fingerprint density at radius 1 is 1.21 bits per heavy atom. The van der Waals surface area contributed by atoms with Gasteiger partial charge < -0.3 is 10.6 Å². The molecule has 1 aromatic heterocycles. The number of rotatable bonds is 3. The van der Waals surface area contributed by atoms with Crippen molar-refractivity contribution in [2.75, 3.05) is 18.0 Å².